The summed E-state index contributed by atoms with van der Waals surface area (Å²) >= 11 is 0. The van der Waals surface area contributed by atoms with E-state index >= 15 is 0 Å². The molecule has 0 aliphatic carbocycles. The molecule has 0 atom stereocenters. The first-order chi connectivity index (χ1) is 11.4. The molecule has 7 heteroatoms. The van der Waals surface area contributed by atoms with E-state index in [0.717, 1.165) is 36.2 Å². The summed E-state index contributed by atoms with van der Waals surface area (Å²) in [6, 6.07) is 10.1. The first-order valence-corrected chi connectivity index (χ1v) is 7.45. The summed E-state index contributed by atoms with van der Waals surface area (Å²) in [6.07, 6.45) is 0.905. The molecule has 0 bridgehead atoms. The average Bonchev–Trinajstić information content (AvgIpc) is 2.61. The number of carbonyl (C=O) groups excluding carboxylic acids is 1. The van der Waals surface area contributed by atoms with Crippen LogP contribution in [0.5, 0.6) is 0 Å². The topological polar surface area (TPSA) is 104 Å². The van der Waals surface area contributed by atoms with Crippen molar-refractivity contribution >= 4 is 23.5 Å². The van der Waals surface area contributed by atoms with Gasteiger partial charge in [-0.05, 0) is 24.1 Å². The molecular weight excluding hydrogens is 314 g/mol. The molecule has 1 aromatic rings. The summed E-state index contributed by atoms with van der Waals surface area (Å²) < 4.78 is 4.91. The van der Waals surface area contributed by atoms with Crippen LogP contribution in [0.25, 0.3) is 5.57 Å². The van der Waals surface area contributed by atoms with Crippen molar-refractivity contribution in [3.63, 3.8) is 0 Å². The van der Waals surface area contributed by atoms with Crippen molar-refractivity contribution in [2.24, 2.45) is 0 Å². The van der Waals surface area contributed by atoms with E-state index in [-0.39, 0.29) is 5.97 Å². The molecule has 0 aromatic heterocycles. The fourth-order valence-corrected chi connectivity index (χ4v) is 2.36. The van der Waals surface area contributed by atoms with Crippen molar-refractivity contribution in [1.29, 1.82) is 0 Å². The number of carbonyl (C=O) groups is 3. The molecule has 130 valence electrons. The highest BCUT2D eigenvalue weighted by Crippen LogP contribution is 2.27. The lowest BCUT2D eigenvalue weighted by Gasteiger charge is -2.28. The van der Waals surface area contributed by atoms with Crippen molar-refractivity contribution in [3.05, 3.63) is 41.5 Å². The zero-order valence-electron chi connectivity index (χ0n) is 13.7. The summed E-state index contributed by atoms with van der Waals surface area (Å²) in [5.74, 6) is -3.85. The molecule has 0 saturated carbocycles. The maximum atomic E-state index is 11.9. The van der Waals surface area contributed by atoms with Gasteiger partial charge in [0.15, 0.2) is 0 Å². The third-order valence-electron chi connectivity index (χ3n) is 3.61. The Balaban J connectivity index is 0.000000413. The number of carboxylic acid groups (broad SMARTS) is 2. The van der Waals surface area contributed by atoms with Crippen LogP contribution >= 0.6 is 0 Å². The minimum absolute atomic E-state index is 0.202. The number of hydrogen-bond acceptors (Lipinski definition) is 5. The summed E-state index contributed by atoms with van der Waals surface area (Å²) in [5, 5.41) is 14.8. The molecule has 1 aliphatic rings. The lowest BCUT2D eigenvalue weighted by Crippen LogP contribution is -2.34. The summed E-state index contributed by atoms with van der Waals surface area (Å²) in [6.45, 7) is 4.76. The number of carboxylic acids is 2. The molecule has 1 aliphatic heterocycles. The van der Waals surface area contributed by atoms with E-state index in [0.29, 0.717) is 6.54 Å². The molecular formula is C17H21NO6. The Morgan fingerprint density at radius 3 is 2.17 bits per heavy atom. The lowest BCUT2D eigenvalue weighted by atomic mass is 9.93. The molecule has 1 heterocycles. The zero-order chi connectivity index (χ0) is 18.1. The van der Waals surface area contributed by atoms with Crippen LogP contribution in [0, 0.1) is 0 Å². The van der Waals surface area contributed by atoms with E-state index in [9.17, 15) is 4.79 Å². The number of ether oxygens (including phenoxy) is 1. The Morgan fingerprint density at radius 1 is 1.12 bits per heavy atom. The van der Waals surface area contributed by atoms with Gasteiger partial charge in [-0.2, -0.15) is 0 Å². The molecule has 0 radical (unpaired) electrons. The van der Waals surface area contributed by atoms with E-state index in [2.05, 4.69) is 24.0 Å². The third-order valence-corrected chi connectivity index (χ3v) is 3.61. The number of likely N-dealkylation sites (N-methyl/N-ethyl adjacent to an activating group) is 1. The maximum Gasteiger partial charge on any atom is 0.414 e. The highest BCUT2D eigenvalue weighted by molar-refractivity contribution is 6.27. The number of esters is 1. The molecule has 24 heavy (non-hydrogen) atoms. The Kier molecular flexibility index (Phi) is 7.64. The number of methoxy groups -OCH3 is 1. The molecule has 0 fully saturated rings. The van der Waals surface area contributed by atoms with Gasteiger partial charge in [0.1, 0.15) is 0 Å². The van der Waals surface area contributed by atoms with Crippen molar-refractivity contribution < 1.29 is 29.3 Å². The fraction of sp³-hybridized carbons (Fsp3) is 0.353. The smallest absolute Gasteiger partial charge is 0.414 e. The van der Waals surface area contributed by atoms with Gasteiger partial charge in [0.05, 0.1) is 12.7 Å². The van der Waals surface area contributed by atoms with Crippen LogP contribution in [0.4, 0.5) is 0 Å². The van der Waals surface area contributed by atoms with Crippen molar-refractivity contribution in [2.75, 3.05) is 26.7 Å². The first-order valence-electron chi connectivity index (χ1n) is 7.45. The van der Waals surface area contributed by atoms with Crippen LogP contribution in [0.15, 0.2) is 35.9 Å². The van der Waals surface area contributed by atoms with E-state index in [1.54, 1.807) is 0 Å². The molecule has 7 nitrogen and oxygen atoms in total. The number of rotatable bonds is 3. The summed E-state index contributed by atoms with van der Waals surface area (Å²) in [4.78, 5) is 32.4. The quantitative estimate of drug-likeness (QED) is 0.637. The molecule has 2 N–H and O–H groups in total. The predicted molar refractivity (Wildman–Crippen MR) is 87.4 cm³/mol. The van der Waals surface area contributed by atoms with Crippen molar-refractivity contribution in [2.45, 2.75) is 13.3 Å². The van der Waals surface area contributed by atoms with Crippen molar-refractivity contribution in [1.82, 2.24) is 4.90 Å². The number of benzene rings is 1. The van der Waals surface area contributed by atoms with Crippen LogP contribution in [-0.2, 0) is 19.1 Å². The molecule has 0 saturated heterocycles. The Morgan fingerprint density at radius 2 is 1.71 bits per heavy atom. The van der Waals surface area contributed by atoms with Gasteiger partial charge < -0.3 is 14.9 Å². The van der Waals surface area contributed by atoms with Gasteiger partial charge >= 0.3 is 17.9 Å². The minimum atomic E-state index is -1.82. The minimum Gasteiger partial charge on any atom is -0.473 e. The van der Waals surface area contributed by atoms with Crippen LogP contribution in [0.1, 0.15) is 18.9 Å². The largest absolute Gasteiger partial charge is 0.473 e. The SMILES string of the molecule is CCN1CCC(c2ccccc2)=C(C(=O)OC)C1.O=C(O)C(=O)O. The normalized spacial score (nSPS) is 14.4. The zero-order valence-corrected chi connectivity index (χ0v) is 13.7. The predicted octanol–water partition coefficient (Wildman–Crippen LogP) is 1.49. The maximum absolute atomic E-state index is 11.9. The highest BCUT2D eigenvalue weighted by Gasteiger charge is 2.24. The molecule has 0 spiro atoms. The standard InChI is InChI=1S/C15H19NO2.C2H2O4/c1-3-16-10-9-13(12-7-5-4-6-8-12)14(11-16)15(17)18-2;3-1(4)2(5)6/h4-8H,3,9-11H2,1-2H3;(H,3,4)(H,5,6). The van der Waals surface area contributed by atoms with Crippen LogP contribution < -0.4 is 0 Å². The third kappa shape index (κ3) is 5.51. The molecule has 2 rings (SSSR count). The monoisotopic (exact) mass is 335 g/mol. The van der Waals surface area contributed by atoms with Gasteiger partial charge in [0, 0.05) is 13.1 Å². The summed E-state index contributed by atoms with van der Waals surface area (Å²) in [7, 11) is 1.45. The van der Waals surface area contributed by atoms with Gasteiger partial charge in [0.25, 0.3) is 0 Å². The molecule has 0 amide bonds. The van der Waals surface area contributed by atoms with E-state index in [1.165, 1.54) is 7.11 Å². The Labute approximate surface area is 140 Å². The van der Waals surface area contributed by atoms with Crippen LogP contribution in [-0.4, -0.2) is 59.8 Å². The lowest BCUT2D eigenvalue weighted by molar-refractivity contribution is -0.159. The number of aliphatic carboxylic acids is 2. The average molecular weight is 335 g/mol. The van der Waals surface area contributed by atoms with Crippen LogP contribution in [0.3, 0.4) is 0 Å². The van der Waals surface area contributed by atoms with Gasteiger partial charge in [0.2, 0.25) is 0 Å². The van der Waals surface area contributed by atoms with E-state index in [4.69, 9.17) is 24.5 Å². The van der Waals surface area contributed by atoms with Gasteiger partial charge in [-0.15, -0.1) is 0 Å². The highest BCUT2D eigenvalue weighted by atomic mass is 16.5. The Bertz CT molecular complexity index is 611. The van der Waals surface area contributed by atoms with Gasteiger partial charge in [-0.3, -0.25) is 4.90 Å². The van der Waals surface area contributed by atoms with Crippen LogP contribution in [0.2, 0.25) is 0 Å². The summed E-state index contributed by atoms with van der Waals surface area (Å²) in [5.41, 5.74) is 3.07. The second-order valence-corrected chi connectivity index (χ2v) is 5.04. The molecule has 1 aromatic carbocycles. The Hall–Kier alpha value is -2.67. The van der Waals surface area contributed by atoms with Gasteiger partial charge in [-0.25, -0.2) is 14.4 Å². The van der Waals surface area contributed by atoms with Gasteiger partial charge in [-0.1, -0.05) is 37.3 Å². The number of nitrogens with zero attached hydrogens (tertiary/aromatic N) is 1. The van der Waals surface area contributed by atoms with E-state index < -0.39 is 11.9 Å². The fourth-order valence-electron chi connectivity index (χ4n) is 2.36. The van der Waals surface area contributed by atoms with Crippen molar-refractivity contribution in [3.8, 4) is 0 Å². The second-order valence-electron chi connectivity index (χ2n) is 5.04. The first kappa shape index (κ1) is 19.4. The van der Waals surface area contributed by atoms with E-state index in [1.807, 2.05) is 18.2 Å². The molecule has 0 unspecified atom stereocenters. The number of hydrogen-bond donors (Lipinski definition) is 2. The second kappa shape index (κ2) is 9.46.